The first-order valence-corrected chi connectivity index (χ1v) is 3.87. The largest absolute Gasteiger partial charge is 0.397 e. The quantitative estimate of drug-likeness (QED) is 0.501. The maximum Gasteiger partial charge on any atom is 0.0912 e. The van der Waals surface area contributed by atoms with Crippen LogP contribution < -0.4 is 11.5 Å². The number of hydrogen-bond donors (Lipinski definition) is 2. The maximum absolute atomic E-state index is 8.33. The highest BCUT2D eigenvalue weighted by Crippen LogP contribution is 2.21. The summed E-state index contributed by atoms with van der Waals surface area (Å²) in [4.78, 5) is 0. The highest BCUT2D eigenvalue weighted by atomic mass is 14.7. The molecule has 66 valence electrons. The number of anilines is 2. The lowest BCUT2D eigenvalue weighted by Crippen LogP contribution is -1.97. The van der Waals surface area contributed by atoms with Crippen molar-refractivity contribution in [3.05, 3.63) is 29.3 Å². The molecule has 0 aliphatic heterocycles. The first-order valence-electron chi connectivity index (χ1n) is 3.87. The van der Waals surface area contributed by atoms with Gasteiger partial charge in [0.15, 0.2) is 0 Å². The summed E-state index contributed by atoms with van der Waals surface area (Å²) in [7, 11) is 0. The number of allylic oxidation sites excluding steroid dienone is 1. The predicted octanol–water partition coefficient (Wildman–Crippen LogP) is 1.70. The molecule has 0 heterocycles. The monoisotopic (exact) mass is 173 g/mol. The molecule has 3 heteroatoms. The molecule has 0 atom stereocenters. The molecule has 0 saturated carbocycles. The maximum atomic E-state index is 8.33. The second kappa shape index (κ2) is 3.63. The lowest BCUT2D eigenvalue weighted by atomic mass is 10.1. The smallest absolute Gasteiger partial charge is 0.0912 e. The summed E-state index contributed by atoms with van der Waals surface area (Å²) in [6.07, 6.45) is 3.10. The van der Waals surface area contributed by atoms with Gasteiger partial charge in [0, 0.05) is 6.08 Å². The third-order valence-corrected chi connectivity index (χ3v) is 1.79. The van der Waals surface area contributed by atoms with Crippen LogP contribution in [0, 0.1) is 18.3 Å². The molecule has 0 bridgehead atoms. The average Bonchev–Trinajstić information content (AvgIpc) is 2.10. The van der Waals surface area contributed by atoms with Crippen LogP contribution in [-0.4, -0.2) is 0 Å². The van der Waals surface area contributed by atoms with Crippen molar-refractivity contribution in [2.24, 2.45) is 0 Å². The van der Waals surface area contributed by atoms with Gasteiger partial charge in [-0.25, -0.2) is 0 Å². The molecule has 0 radical (unpaired) electrons. The standard InChI is InChI=1S/C10H11N3/c1-7-5-8(3-2-4-11)6-9(12)10(7)13/h2-3,5-6H,12-13H2,1H3. The fourth-order valence-electron chi connectivity index (χ4n) is 1.08. The number of aryl methyl sites for hydroxylation is 1. The van der Waals surface area contributed by atoms with Crippen molar-refractivity contribution in [3.63, 3.8) is 0 Å². The summed E-state index contributed by atoms with van der Waals surface area (Å²) in [6, 6.07) is 5.55. The summed E-state index contributed by atoms with van der Waals surface area (Å²) in [5.74, 6) is 0. The zero-order valence-corrected chi connectivity index (χ0v) is 7.41. The van der Waals surface area contributed by atoms with Crippen LogP contribution in [-0.2, 0) is 0 Å². The van der Waals surface area contributed by atoms with Crippen molar-refractivity contribution >= 4 is 17.5 Å². The lowest BCUT2D eigenvalue weighted by molar-refractivity contribution is 1.46. The van der Waals surface area contributed by atoms with Gasteiger partial charge in [-0.1, -0.05) is 0 Å². The average molecular weight is 173 g/mol. The third kappa shape index (κ3) is 2.00. The van der Waals surface area contributed by atoms with Gasteiger partial charge >= 0.3 is 0 Å². The van der Waals surface area contributed by atoms with E-state index >= 15 is 0 Å². The van der Waals surface area contributed by atoms with Gasteiger partial charge in [-0.2, -0.15) is 5.26 Å². The van der Waals surface area contributed by atoms with Crippen molar-refractivity contribution in [1.82, 2.24) is 0 Å². The van der Waals surface area contributed by atoms with E-state index < -0.39 is 0 Å². The van der Waals surface area contributed by atoms with E-state index in [0.29, 0.717) is 11.4 Å². The highest BCUT2D eigenvalue weighted by Gasteiger charge is 1.99. The summed E-state index contributed by atoms with van der Waals surface area (Å²) < 4.78 is 0. The van der Waals surface area contributed by atoms with Crippen LogP contribution in [0.1, 0.15) is 11.1 Å². The second-order valence-electron chi connectivity index (χ2n) is 2.80. The van der Waals surface area contributed by atoms with Crippen LogP contribution >= 0.6 is 0 Å². The van der Waals surface area contributed by atoms with Crippen molar-refractivity contribution in [2.45, 2.75) is 6.92 Å². The Morgan fingerprint density at radius 3 is 2.62 bits per heavy atom. The van der Waals surface area contributed by atoms with Crippen molar-refractivity contribution < 1.29 is 0 Å². The highest BCUT2D eigenvalue weighted by molar-refractivity contribution is 5.72. The van der Waals surface area contributed by atoms with Gasteiger partial charge in [-0.15, -0.1) is 0 Å². The Bertz CT molecular complexity index is 363. The Kier molecular flexibility index (Phi) is 2.56. The molecule has 0 aromatic heterocycles. The predicted molar refractivity (Wildman–Crippen MR) is 54.7 cm³/mol. The molecule has 13 heavy (non-hydrogen) atoms. The number of nitrogens with zero attached hydrogens (tertiary/aromatic N) is 1. The van der Waals surface area contributed by atoms with Crippen molar-refractivity contribution in [1.29, 1.82) is 5.26 Å². The SMILES string of the molecule is Cc1cc(C=CC#N)cc(N)c1N. The zero-order valence-electron chi connectivity index (χ0n) is 7.41. The van der Waals surface area contributed by atoms with E-state index in [1.54, 1.807) is 12.1 Å². The lowest BCUT2D eigenvalue weighted by Gasteiger charge is -2.05. The van der Waals surface area contributed by atoms with Crippen molar-refractivity contribution in [3.8, 4) is 6.07 Å². The second-order valence-corrected chi connectivity index (χ2v) is 2.80. The molecule has 3 nitrogen and oxygen atoms in total. The van der Waals surface area contributed by atoms with E-state index in [1.165, 1.54) is 6.08 Å². The minimum Gasteiger partial charge on any atom is -0.397 e. The first-order chi connectivity index (χ1) is 6.15. The molecule has 0 spiro atoms. The number of nitrogens with two attached hydrogens (primary N) is 2. The number of nitriles is 1. The van der Waals surface area contributed by atoms with Gasteiger partial charge in [0.2, 0.25) is 0 Å². The van der Waals surface area contributed by atoms with E-state index in [1.807, 2.05) is 19.1 Å². The van der Waals surface area contributed by atoms with Crippen LogP contribution in [0.5, 0.6) is 0 Å². The van der Waals surface area contributed by atoms with Crippen LogP contribution in [0.25, 0.3) is 6.08 Å². The molecule has 0 aliphatic rings. The molecular weight excluding hydrogens is 162 g/mol. The van der Waals surface area contributed by atoms with E-state index in [4.69, 9.17) is 16.7 Å². The van der Waals surface area contributed by atoms with Gasteiger partial charge < -0.3 is 11.5 Å². The number of hydrogen-bond acceptors (Lipinski definition) is 3. The van der Waals surface area contributed by atoms with Gasteiger partial charge in [0.1, 0.15) is 0 Å². The molecule has 0 saturated heterocycles. The molecule has 0 aliphatic carbocycles. The summed E-state index contributed by atoms with van der Waals surface area (Å²) in [5, 5.41) is 8.33. The molecule has 0 amide bonds. The summed E-state index contributed by atoms with van der Waals surface area (Å²) in [6.45, 7) is 1.88. The van der Waals surface area contributed by atoms with E-state index in [-0.39, 0.29) is 0 Å². The van der Waals surface area contributed by atoms with Gasteiger partial charge in [0.25, 0.3) is 0 Å². The molecular formula is C10H11N3. The Morgan fingerprint density at radius 2 is 2.08 bits per heavy atom. The molecule has 1 aromatic carbocycles. The number of benzene rings is 1. The summed E-state index contributed by atoms with van der Waals surface area (Å²) >= 11 is 0. The minimum atomic E-state index is 0.553. The van der Waals surface area contributed by atoms with Gasteiger partial charge in [0.05, 0.1) is 17.4 Å². The summed E-state index contributed by atoms with van der Waals surface area (Å²) in [5.41, 5.74) is 14.3. The van der Waals surface area contributed by atoms with Gasteiger partial charge in [-0.05, 0) is 36.3 Å². The first kappa shape index (κ1) is 9.14. The number of nitrogen functional groups attached to an aromatic ring is 2. The van der Waals surface area contributed by atoms with Crippen LogP contribution in [0.15, 0.2) is 18.2 Å². The molecule has 0 fully saturated rings. The Labute approximate surface area is 77.3 Å². The fraction of sp³-hybridized carbons (Fsp3) is 0.100. The zero-order chi connectivity index (χ0) is 9.84. The molecule has 1 rings (SSSR count). The van der Waals surface area contributed by atoms with E-state index in [0.717, 1.165) is 11.1 Å². The van der Waals surface area contributed by atoms with E-state index in [2.05, 4.69) is 0 Å². The molecule has 4 N–H and O–H groups in total. The Morgan fingerprint density at radius 1 is 1.38 bits per heavy atom. The number of rotatable bonds is 1. The Hall–Kier alpha value is -1.95. The fourth-order valence-corrected chi connectivity index (χ4v) is 1.08. The van der Waals surface area contributed by atoms with Crippen molar-refractivity contribution in [2.75, 3.05) is 11.5 Å². The normalized spacial score (nSPS) is 10.2. The topological polar surface area (TPSA) is 75.8 Å². The molecule has 0 unspecified atom stereocenters. The Balaban J connectivity index is 3.15. The minimum absolute atomic E-state index is 0.553. The van der Waals surface area contributed by atoms with Crippen LogP contribution in [0.2, 0.25) is 0 Å². The molecule has 1 aromatic rings. The third-order valence-electron chi connectivity index (χ3n) is 1.79. The van der Waals surface area contributed by atoms with E-state index in [9.17, 15) is 0 Å². The van der Waals surface area contributed by atoms with Gasteiger partial charge in [-0.3, -0.25) is 0 Å². The van der Waals surface area contributed by atoms with Crippen LogP contribution in [0.4, 0.5) is 11.4 Å². The van der Waals surface area contributed by atoms with Crippen LogP contribution in [0.3, 0.4) is 0 Å².